The standard InChI is InChI=1S/C7H9N5O.ClH/c1-8-7-10-5-4(6(13)11-7)12(2)3-9-5;/h3H,1-2H3,(H2,8,10,11,13);1H. The number of imidazole rings is 1. The zero-order valence-electron chi connectivity index (χ0n) is 7.74. The number of aromatic amines is 1. The number of hydrogen-bond acceptors (Lipinski definition) is 4. The molecule has 2 N–H and O–H groups in total. The van der Waals surface area contributed by atoms with Gasteiger partial charge in [-0.1, -0.05) is 0 Å². The molecular formula is C7H10ClN5O. The zero-order valence-corrected chi connectivity index (χ0v) is 8.55. The third-order valence-corrected chi connectivity index (χ3v) is 1.82. The third kappa shape index (κ3) is 1.44. The fourth-order valence-electron chi connectivity index (χ4n) is 1.18. The third-order valence-electron chi connectivity index (χ3n) is 1.82. The van der Waals surface area contributed by atoms with Crippen molar-refractivity contribution >= 4 is 29.5 Å². The molecular weight excluding hydrogens is 206 g/mol. The Kier molecular flexibility index (Phi) is 2.76. The van der Waals surface area contributed by atoms with Crippen LogP contribution in [-0.4, -0.2) is 26.6 Å². The van der Waals surface area contributed by atoms with Crippen molar-refractivity contribution in [2.75, 3.05) is 12.4 Å². The normalized spacial score (nSPS) is 9.86. The van der Waals surface area contributed by atoms with Gasteiger partial charge < -0.3 is 9.88 Å². The number of H-pyrrole nitrogens is 1. The van der Waals surface area contributed by atoms with Crippen molar-refractivity contribution in [2.45, 2.75) is 0 Å². The van der Waals surface area contributed by atoms with E-state index in [9.17, 15) is 4.79 Å². The first-order valence-corrected chi connectivity index (χ1v) is 3.81. The fraction of sp³-hybridized carbons (Fsp3) is 0.286. The number of nitrogens with zero attached hydrogens (tertiary/aromatic N) is 3. The molecule has 2 aromatic rings. The monoisotopic (exact) mass is 215 g/mol. The minimum atomic E-state index is -0.186. The van der Waals surface area contributed by atoms with Gasteiger partial charge in [-0.05, 0) is 0 Å². The lowest BCUT2D eigenvalue weighted by Gasteiger charge is -1.97. The van der Waals surface area contributed by atoms with Gasteiger partial charge in [0.1, 0.15) is 0 Å². The number of halogens is 1. The summed E-state index contributed by atoms with van der Waals surface area (Å²) in [5.74, 6) is 0.427. The highest BCUT2D eigenvalue weighted by Crippen LogP contribution is 2.04. The number of aromatic nitrogens is 4. The average Bonchev–Trinajstić information content (AvgIpc) is 2.48. The Bertz CT molecular complexity index is 502. The van der Waals surface area contributed by atoms with E-state index in [2.05, 4.69) is 20.3 Å². The summed E-state index contributed by atoms with van der Waals surface area (Å²) in [6.07, 6.45) is 1.56. The van der Waals surface area contributed by atoms with Crippen LogP contribution in [0.1, 0.15) is 0 Å². The van der Waals surface area contributed by atoms with Gasteiger partial charge in [0.05, 0.1) is 6.33 Å². The minimum absolute atomic E-state index is 0. The van der Waals surface area contributed by atoms with Gasteiger partial charge in [-0.3, -0.25) is 9.78 Å². The molecule has 0 unspecified atom stereocenters. The summed E-state index contributed by atoms with van der Waals surface area (Å²) in [4.78, 5) is 22.1. The smallest absolute Gasteiger partial charge is 0.278 e. The molecule has 2 aromatic heterocycles. The van der Waals surface area contributed by atoms with Crippen molar-refractivity contribution in [3.63, 3.8) is 0 Å². The van der Waals surface area contributed by atoms with Crippen molar-refractivity contribution in [1.82, 2.24) is 19.5 Å². The maximum atomic E-state index is 11.4. The van der Waals surface area contributed by atoms with Crippen LogP contribution >= 0.6 is 12.4 Å². The van der Waals surface area contributed by atoms with Crippen molar-refractivity contribution in [3.8, 4) is 0 Å². The van der Waals surface area contributed by atoms with Crippen LogP contribution in [0.25, 0.3) is 11.2 Å². The molecule has 0 bridgehead atoms. The molecule has 0 aliphatic heterocycles. The molecule has 2 rings (SSSR count). The average molecular weight is 216 g/mol. The van der Waals surface area contributed by atoms with E-state index >= 15 is 0 Å². The highest BCUT2D eigenvalue weighted by atomic mass is 35.5. The molecule has 0 fully saturated rings. The largest absolute Gasteiger partial charge is 0.359 e. The Labute approximate surface area is 85.8 Å². The molecule has 2 heterocycles. The molecule has 76 valence electrons. The summed E-state index contributed by atoms with van der Waals surface area (Å²) in [6.45, 7) is 0. The molecule has 0 aliphatic carbocycles. The molecule has 0 saturated heterocycles. The molecule has 0 aliphatic rings. The first-order chi connectivity index (χ1) is 6.22. The van der Waals surface area contributed by atoms with Crippen LogP contribution in [0.5, 0.6) is 0 Å². The van der Waals surface area contributed by atoms with Crippen LogP contribution in [-0.2, 0) is 7.05 Å². The van der Waals surface area contributed by atoms with Gasteiger partial charge in [-0.15, -0.1) is 12.4 Å². The quantitative estimate of drug-likeness (QED) is 0.709. The second kappa shape index (κ2) is 3.67. The minimum Gasteiger partial charge on any atom is -0.359 e. The second-order valence-electron chi connectivity index (χ2n) is 2.69. The summed E-state index contributed by atoms with van der Waals surface area (Å²) in [6, 6.07) is 0. The van der Waals surface area contributed by atoms with E-state index < -0.39 is 0 Å². The zero-order chi connectivity index (χ0) is 9.42. The van der Waals surface area contributed by atoms with E-state index in [0.717, 1.165) is 0 Å². The molecule has 0 spiro atoms. The van der Waals surface area contributed by atoms with Crippen LogP contribution in [0.2, 0.25) is 0 Å². The van der Waals surface area contributed by atoms with E-state index in [1.54, 1.807) is 25.0 Å². The number of hydrogen-bond donors (Lipinski definition) is 2. The second-order valence-corrected chi connectivity index (χ2v) is 2.69. The van der Waals surface area contributed by atoms with Gasteiger partial charge in [0.2, 0.25) is 5.95 Å². The van der Waals surface area contributed by atoms with Crippen LogP contribution in [0.4, 0.5) is 5.95 Å². The van der Waals surface area contributed by atoms with E-state index in [-0.39, 0.29) is 18.0 Å². The van der Waals surface area contributed by atoms with Crippen LogP contribution < -0.4 is 10.9 Å². The van der Waals surface area contributed by atoms with Gasteiger partial charge in [-0.2, -0.15) is 4.98 Å². The van der Waals surface area contributed by atoms with Gasteiger partial charge in [0.15, 0.2) is 11.2 Å². The predicted octanol–water partition coefficient (Wildman–Crippen LogP) is 0.120. The van der Waals surface area contributed by atoms with E-state index in [1.165, 1.54) is 0 Å². The summed E-state index contributed by atoms with van der Waals surface area (Å²) < 4.78 is 1.64. The van der Waals surface area contributed by atoms with Crippen molar-refractivity contribution in [3.05, 3.63) is 16.7 Å². The number of aryl methyl sites for hydroxylation is 1. The molecule has 0 saturated carbocycles. The van der Waals surface area contributed by atoms with Gasteiger partial charge in [-0.25, -0.2) is 4.98 Å². The summed E-state index contributed by atoms with van der Waals surface area (Å²) in [5.41, 5.74) is 0.754. The summed E-state index contributed by atoms with van der Waals surface area (Å²) in [5, 5.41) is 2.75. The molecule has 0 radical (unpaired) electrons. The first kappa shape index (κ1) is 10.5. The van der Waals surface area contributed by atoms with Crippen molar-refractivity contribution in [2.24, 2.45) is 7.05 Å². The van der Waals surface area contributed by atoms with Gasteiger partial charge >= 0.3 is 0 Å². The number of rotatable bonds is 1. The van der Waals surface area contributed by atoms with Crippen molar-refractivity contribution in [1.29, 1.82) is 0 Å². The lowest BCUT2D eigenvalue weighted by atomic mass is 10.5. The first-order valence-electron chi connectivity index (χ1n) is 3.81. The Balaban J connectivity index is 0.000000980. The molecule has 0 aromatic carbocycles. The maximum Gasteiger partial charge on any atom is 0.278 e. The Hall–Kier alpha value is -1.56. The maximum absolute atomic E-state index is 11.4. The topological polar surface area (TPSA) is 75.6 Å². The van der Waals surface area contributed by atoms with Crippen LogP contribution in [0, 0.1) is 0 Å². The summed E-state index contributed by atoms with van der Waals surface area (Å²) >= 11 is 0. The van der Waals surface area contributed by atoms with E-state index in [1.807, 2.05) is 0 Å². The molecule has 14 heavy (non-hydrogen) atoms. The predicted molar refractivity (Wildman–Crippen MR) is 55.9 cm³/mol. The number of anilines is 1. The highest BCUT2D eigenvalue weighted by Gasteiger charge is 2.06. The lowest BCUT2D eigenvalue weighted by molar-refractivity contribution is 0.938. The number of nitrogens with one attached hydrogen (secondary N) is 2. The SMILES string of the molecule is CNc1nc2ncn(C)c2c(=O)[nH]1.Cl. The number of fused-ring (bicyclic) bond motifs is 1. The Morgan fingerprint density at radius 2 is 2.29 bits per heavy atom. The Morgan fingerprint density at radius 3 is 2.93 bits per heavy atom. The Morgan fingerprint density at radius 1 is 1.57 bits per heavy atom. The van der Waals surface area contributed by atoms with Crippen LogP contribution in [0.15, 0.2) is 11.1 Å². The molecule has 6 nitrogen and oxygen atoms in total. The van der Waals surface area contributed by atoms with Gasteiger partial charge in [0.25, 0.3) is 5.56 Å². The fourth-order valence-corrected chi connectivity index (χ4v) is 1.18. The van der Waals surface area contributed by atoms with Crippen molar-refractivity contribution < 1.29 is 0 Å². The van der Waals surface area contributed by atoms with E-state index in [4.69, 9.17) is 0 Å². The molecule has 7 heteroatoms. The van der Waals surface area contributed by atoms with Gasteiger partial charge in [0, 0.05) is 14.1 Å². The highest BCUT2D eigenvalue weighted by molar-refractivity contribution is 5.85. The molecule has 0 amide bonds. The van der Waals surface area contributed by atoms with Crippen LogP contribution in [0.3, 0.4) is 0 Å². The summed E-state index contributed by atoms with van der Waals surface area (Å²) in [7, 11) is 3.44. The van der Waals surface area contributed by atoms with E-state index in [0.29, 0.717) is 17.1 Å². The lowest BCUT2D eigenvalue weighted by Crippen LogP contribution is -2.13. The molecule has 0 atom stereocenters.